The molecule has 0 bridgehead atoms. The van der Waals surface area contributed by atoms with Crippen molar-refractivity contribution in [2.45, 2.75) is 32.4 Å². The third kappa shape index (κ3) is 3.02. The van der Waals surface area contributed by atoms with Gasteiger partial charge >= 0.3 is 0 Å². The van der Waals surface area contributed by atoms with Gasteiger partial charge in [0.05, 0.1) is 18.8 Å². The maximum absolute atomic E-state index is 5.85. The summed E-state index contributed by atoms with van der Waals surface area (Å²) in [6.07, 6.45) is 1.19. The molecule has 0 spiro atoms. The first-order chi connectivity index (χ1) is 8.72. The summed E-state index contributed by atoms with van der Waals surface area (Å²) in [5, 5.41) is 0. The van der Waals surface area contributed by atoms with E-state index in [1.807, 2.05) is 32.0 Å². The monoisotopic (exact) mass is 250 g/mol. The van der Waals surface area contributed by atoms with Gasteiger partial charge in [-0.25, -0.2) is 0 Å². The number of hydrogen-bond donors (Lipinski definition) is 2. The fourth-order valence-corrected chi connectivity index (χ4v) is 2.39. The molecule has 4 heteroatoms. The number of hydrogen-bond acceptors (Lipinski definition) is 4. The second-order valence-electron chi connectivity index (χ2n) is 4.97. The van der Waals surface area contributed by atoms with Crippen LogP contribution >= 0.6 is 0 Å². The molecule has 1 heterocycles. The first-order valence-electron chi connectivity index (χ1n) is 6.52. The minimum atomic E-state index is 0.0856. The first kappa shape index (κ1) is 13.3. The summed E-state index contributed by atoms with van der Waals surface area (Å²) in [5.41, 5.74) is 4.03. The van der Waals surface area contributed by atoms with Crippen molar-refractivity contribution in [3.63, 3.8) is 0 Å². The fraction of sp³-hybridized carbons (Fsp3) is 0.571. The van der Waals surface area contributed by atoms with Crippen molar-refractivity contribution in [2.24, 2.45) is 11.8 Å². The molecule has 4 nitrogen and oxygen atoms in total. The molecule has 0 aromatic heterocycles. The number of benzene rings is 1. The minimum absolute atomic E-state index is 0.0856. The van der Waals surface area contributed by atoms with Crippen LogP contribution in [0.25, 0.3) is 0 Å². The fourth-order valence-electron chi connectivity index (χ4n) is 2.39. The van der Waals surface area contributed by atoms with E-state index in [2.05, 4.69) is 11.5 Å². The quantitative estimate of drug-likeness (QED) is 0.620. The van der Waals surface area contributed by atoms with Gasteiger partial charge in [-0.2, -0.15) is 0 Å². The highest BCUT2D eigenvalue weighted by molar-refractivity contribution is 5.36. The summed E-state index contributed by atoms with van der Waals surface area (Å²) in [6.45, 7) is 5.63. The molecule has 2 unspecified atom stereocenters. The molecule has 1 aromatic rings. The first-order valence-corrected chi connectivity index (χ1v) is 6.52. The van der Waals surface area contributed by atoms with Crippen LogP contribution in [-0.4, -0.2) is 19.3 Å². The van der Waals surface area contributed by atoms with Crippen molar-refractivity contribution in [2.75, 3.05) is 13.2 Å². The van der Waals surface area contributed by atoms with Crippen molar-refractivity contribution >= 4 is 0 Å². The van der Waals surface area contributed by atoms with E-state index in [9.17, 15) is 0 Å². The van der Waals surface area contributed by atoms with E-state index in [0.717, 1.165) is 30.9 Å². The van der Waals surface area contributed by atoms with Gasteiger partial charge in [0, 0.05) is 18.1 Å². The van der Waals surface area contributed by atoms with E-state index >= 15 is 0 Å². The summed E-state index contributed by atoms with van der Waals surface area (Å²) in [7, 11) is 0. The number of rotatable bonds is 5. The average molecular weight is 250 g/mol. The zero-order valence-corrected chi connectivity index (χ0v) is 11.1. The van der Waals surface area contributed by atoms with Crippen molar-refractivity contribution in [1.82, 2.24) is 5.43 Å². The van der Waals surface area contributed by atoms with Crippen molar-refractivity contribution in [3.05, 3.63) is 29.8 Å². The van der Waals surface area contributed by atoms with Gasteiger partial charge < -0.3 is 9.47 Å². The van der Waals surface area contributed by atoms with Gasteiger partial charge in [0.1, 0.15) is 5.75 Å². The molecule has 1 fully saturated rings. The Hall–Kier alpha value is -1.10. The summed E-state index contributed by atoms with van der Waals surface area (Å²) in [4.78, 5) is 0. The molecule has 0 amide bonds. The van der Waals surface area contributed by atoms with E-state index in [-0.39, 0.29) is 12.1 Å². The van der Waals surface area contributed by atoms with Gasteiger partial charge in [0.25, 0.3) is 0 Å². The molecule has 1 saturated heterocycles. The minimum Gasteiger partial charge on any atom is -0.491 e. The molecule has 1 aliphatic heterocycles. The maximum atomic E-state index is 5.85. The predicted molar refractivity (Wildman–Crippen MR) is 71.2 cm³/mol. The number of para-hydroxylation sites is 1. The average Bonchev–Trinajstić information content (AvgIpc) is 2.85. The van der Waals surface area contributed by atoms with Gasteiger partial charge in [-0.3, -0.25) is 11.3 Å². The van der Waals surface area contributed by atoms with Gasteiger partial charge in [0.15, 0.2) is 0 Å². The van der Waals surface area contributed by atoms with Crippen LogP contribution < -0.4 is 16.0 Å². The van der Waals surface area contributed by atoms with Gasteiger partial charge in [-0.05, 0) is 26.3 Å². The lowest BCUT2D eigenvalue weighted by Crippen LogP contribution is -2.34. The van der Waals surface area contributed by atoms with Crippen LogP contribution in [0.2, 0.25) is 0 Å². The highest BCUT2D eigenvalue weighted by atomic mass is 16.5. The largest absolute Gasteiger partial charge is 0.491 e. The summed E-state index contributed by atoms with van der Waals surface area (Å²) < 4.78 is 11.3. The Balaban J connectivity index is 2.23. The Bertz CT molecular complexity index is 376. The zero-order valence-electron chi connectivity index (χ0n) is 11.1. The van der Waals surface area contributed by atoms with Gasteiger partial charge in [-0.1, -0.05) is 18.2 Å². The Morgan fingerprint density at radius 2 is 2.17 bits per heavy atom. The van der Waals surface area contributed by atoms with E-state index in [1.54, 1.807) is 0 Å². The standard InChI is InChI=1S/C14H22N2O2/c1-10(2)18-13-6-4-3-5-12(13)14(16-15)11-7-8-17-9-11/h3-6,10-11,14,16H,7-9,15H2,1-2H3. The number of nitrogens with two attached hydrogens (primary N) is 1. The lowest BCUT2D eigenvalue weighted by atomic mass is 9.92. The number of nitrogens with one attached hydrogen (secondary N) is 1. The molecule has 1 aliphatic rings. The Labute approximate surface area is 108 Å². The second kappa shape index (κ2) is 6.18. The molecule has 1 aromatic carbocycles. The van der Waals surface area contributed by atoms with Crippen LogP contribution in [0.5, 0.6) is 5.75 Å². The van der Waals surface area contributed by atoms with Gasteiger partial charge in [0.2, 0.25) is 0 Å². The summed E-state index contributed by atoms with van der Waals surface area (Å²) >= 11 is 0. The maximum Gasteiger partial charge on any atom is 0.124 e. The Morgan fingerprint density at radius 3 is 2.78 bits per heavy atom. The van der Waals surface area contributed by atoms with Crippen LogP contribution in [0.15, 0.2) is 24.3 Å². The highest BCUT2D eigenvalue weighted by Gasteiger charge is 2.28. The van der Waals surface area contributed by atoms with Crippen LogP contribution in [0.3, 0.4) is 0 Å². The van der Waals surface area contributed by atoms with Crippen LogP contribution in [0.4, 0.5) is 0 Å². The van der Waals surface area contributed by atoms with E-state index < -0.39 is 0 Å². The van der Waals surface area contributed by atoms with Gasteiger partial charge in [-0.15, -0.1) is 0 Å². The number of hydrazine groups is 1. The highest BCUT2D eigenvalue weighted by Crippen LogP contribution is 2.33. The Kier molecular flexibility index (Phi) is 4.58. The molecule has 18 heavy (non-hydrogen) atoms. The summed E-state index contributed by atoms with van der Waals surface area (Å²) in [6, 6.07) is 8.15. The van der Waals surface area contributed by atoms with Crippen molar-refractivity contribution < 1.29 is 9.47 Å². The van der Waals surface area contributed by atoms with Crippen molar-refractivity contribution in [3.8, 4) is 5.75 Å². The molecule has 2 rings (SSSR count). The SMILES string of the molecule is CC(C)Oc1ccccc1C(NN)C1CCOC1. The van der Waals surface area contributed by atoms with E-state index in [0.29, 0.717) is 5.92 Å². The molecule has 2 atom stereocenters. The third-order valence-corrected chi connectivity index (χ3v) is 3.23. The molecular weight excluding hydrogens is 228 g/mol. The molecule has 3 N–H and O–H groups in total. The molecular formula is C14H22N2O2. The second-order valence-corrected chi connectivity index (χ2v) is 4.97. The lowest BCUT2D eigenvalue weighted by molar-refractivity contribution is 0.175. The van der Waals surface area contributed by atoms with Crippen LogP contribution in [0.1, 0.15) is 31.9 Å². The van der Waals surface area contributed by atoms with Crippen LogP contribution in [0, 0.1) is 5.92 Å². The molecule has 0 saturated carbocycles. The molecule has 100 valence electrons. The predicted octanol–water partition coefficient (Wildman–Crippen LogP) is 2.01. The zero-order chi connectivity index (χ0) is 13.0. The molecule has 0 aliphatic carbocycles. The van der Waals surface area contributed by atoms with Crippen LogP contribution in [-0.2, 0) is 4.74 Å². The molecule has 0 radical (unpaired) electrons. The van der Waals surface area contributed by atoms with E-state index in [4.69, 9.17) is 15.3 Å². The number of ether oxygens (including phenoxy) is 2. The topological polar surface area (TPSA) is 56.5 Å². The Morgan fingerprint density at radius 1 is 1.39 bits per heavy atom. The smallest absolute Gasteiger partial charge is 0.124 e. The van der Waals surface area contributed by atoms with E-state index in [1.165, 1.54) is 0 Å². The van der Waals surface area contributed by atoms with Crippen molar-refractivity contribution in [1.29, 1.82) is 0 Å². The third-order valence-electron chi connectivity index (χ3n) is 3.23. The normalized spacial score (nSPS) is 21.2. The lowest BCUT2D eigenvalue weighted by Gasteiger charge is -2.25. The summed E-state index contributed by atoms with van der Waals surface area (Å²) in [5.74, 6) is 7.04.